The molecule has 0 fully saturated rings. The average molecular weight is 221 g/mol. The molecule has 1 aliphatic carbocycles. The summed E-state index contributed by atoms with van der Waals surface area (Å²) in [7, 11) is 0. The summed E-state index contributed by atoms with van der Waals surface area (Å²) in [5.74, 6) is 0.866. The third kappa shape index (κ3) is 2.36. The summed E-state index contributed by atoms with van der Waals surface area (Å²) >= 11 is 0. The predicted molar refractivity (Wildman–Crippen MR) is 63.8 cm³/mol. The van der Waals surface area contributed by atoms with Crippen LogP contribution < -0.4 is 10.1 Å². The van der Waals surface area contributed by atoms with Gasteiger partial charge in [-0.25, -0.2) is 0 Å². The summed E-state index contributed by atoms with van der Waals surface area (Å²) in [4.78, 5) is 0. The van der Waals surface area contributed by atoms with Gasteiger partial charge in [-0.1, -0.05) is 13.0 Å². The van der Waals surface area contributed by atoms with E-state index >= 15 is 0 Å². The second-order valence-electron chi connectivity index (χ2n) is 4.08. The molecule has 0 heterocycles. The lowest BCUT2D eigenvalue weighted by molar-refractivity contribution is 0.201. The lowest BCUT2D eigenvalue weighted by Gasteiger charge is -2.12. The standard InChI is InChI=1S/C13H19NO2/c1-2-14-13-6-3-10-9-11(16-8-7-15)4-5-12(10)13/h4-5,9,13-15H,2-3,6-8H2,1H3. The van der Waals surface area contributed by atoms with Crippen LogP contribution in [0, 0.1) is 0 Å². The van der Waals surface area contributed by atoms with E-state index in [1.165, 1.54) is 17.5 Å². The number of ether oxygens (including phenoxy) is 1. The molecule has 0 saturated carbocycles. The molecule has 1 aromatic carbocycles. The molecule has 2 rings (SSSR count). The van der Waals surface area contributed by atoms with Crippen LogP contribution in [0.1, 0.15) is 30.5 Å². The molecule has 1 aromatic rings. The topological polar surface area (TPSA) is 41.5 Å². The van der Waals surface area contributed by atoms with Gasteiger partial charge in [0.05, 0.1) is 6.61 Å². The van der Waals surface area contributed by atoms with Crippen molar-refractivity contribution in [1.82, 2.24) is 5.32 Å². The van der Waals surface area contributed by atoms with Crippen molar-refractivity contribution in [3.8, 4) is 5.75 Å². The highest BCUT2D eigenvalue weighted by molar-refractivity contribution is 5.40. The van der Waals surface area contributed by atoms with Gasteiger partial charge >= 0.3 is 0 Å². The number of hydrogen-bond acceptors (Lipinski definition) is 3. The van der Waals surface area contributed by atoms with Crippen LogP contribution in [0.4, 0.5) is 0 Å². The second kappa shape index (κ2) is 5.32. The molecule has 0 aromatic heterocycles. The van der Waals surface area contributed by atoms with Crippen LogP contribution >= 0.6 is 0 Å². The first-order valence-corrected chi connectivity index (χ1v) is 5.95. The van der Waals surface area contributed by atoms with Gasteiger partial charge in [0.25, 0.3) is 0 Å². The molecule has 0 radical (unpaired) electrons. The van der Waals surface area contributed by atoms with Crippen molar-refractivity contribution >= 4 is 0 Å². The van der Waals surface area contributed by atoms with E-state index in [0.29, 0.717) is 12.6 Å². The van der Waals surface area contributed by atoms with E-state index in [0.717, 1.165) is 18.7 Å². The van der Waals surface area contributed by atoms with Crippen LogP contribution in [0.2, 0.25) is 0 Å². The fraction of sp³-hybridized carbons (Fsp3) is 0.538. The Hall–Kier alpha value is -1.06. The fourth-order valence-electron chi connectivity index (χ4n) is 2.31. The maximum Gasteiger partial charge on any atom is 0.119 e. The molecule has 0 spiro atoms. The number of aliphatic hydroxyl groups excluding tert-OH is 1. The lowest BCUT2D eigenvalue weighted by atomic mass is 10.1. The first-order valence-electron chi connectivity index (χ1n) is 5.95. The molecule has 3 nitrogen and oxygen atoms in total. The van der Waals surface area contributed by atoms with Crippen molar-refractivity contribution in [3.05, 3.63) is 29.3 Å². The van der Waals surface area contributed by atoms with Gasteiger partial charge in [-0.15, -0.1) is 0 Å². The van der Waals surface area contributed by atoms with Crippen LogP contribution in [-0.2, 0) is 6.42 Å². The zero-order chi connectivity index (χ0) is 11.4. The molecule has 3 heteroatoms. The van der Waals surface area contributed by atoms with Gasteiger partial charge in [-0.05, 0) is 42.6 Å². The molecule has 1 aliphatic rings. The number of aryl methyl sites for hydroxylation is 1. The Balaban J connectivity index is 2.09. The second-order valence-corrected chi connectivity index (χ2v) is 4.08. The smallest absolute Gasteiger partial charge is 0.119 e. The van der Waals surface area contributed by atoms with Gasteiger partial charge < -0.3 is 15.2 Å². The summed E-state index contributed by atoms with van der Waals surface area (Å²) in [6.45, 7) is 3.58. The minimum Gasteiger partial charge on any atom is -0.491 e. The van der Waals surface area contributed by atoms with Crippen molar-refractivity contribution in [2.75, 3.05) is 19.8 Å². The van der Waals surface area contributed by atoms with Crippen LogP contribution in [0.5, 0.6) is 5.75 Å². The molecule has 0 bridgehead atoms. The summed E-state index contributed by atoms with van der Waals surface area (Å²) in [6.07, 6.45) is 2.29. The van der Waals surface area contributed by atoms with Crippen molar-refractivity contribution in [1.29, 1.82) is 0 Å². The molecule has 88 valence electrons. The molecule has 16 heavy (non-hydrogen) atoms. The lowest BCUT2D eigenvalue weighted by Crippen LogP contribution is -2.18. The number of nitrogens with one attached hydrogen (secondary N) is 1. The predicted octanol–water partition coefficient (Wildman–Crippen LogP) is 1.65. The highest BCUT2D eigenvalue weighted by Gasteiger charge is 2.21. The first kappa shape index (κ1) is 11.4. The van der Waals surface area contributed by atoms with Gasteiger partial charge in [0.1, 0.15) is 12.4 Å². The summed E-state index contributed by atoms with van der Waals surface area (Å²) < 4.78 is 5.41. The van der Waals surface area contributed by atoms with Crippen molar-refractivity contribution in [2.45, 2.75) is 25.8 Å². The van der Waals surface area contributed by atoms with E-state index in [-0.39, 0.29) is 6.61 Å². The third-order valence-electron chi connectivity index (χ3n) is 3.00. The van der Waals surface area contributed by atoms with Crippen LogP contribution in [0.25, 0.3) is 0 Å². The van der Waals surface area contributed by atoms with Gasteiger partial charge in [0.2, 0.25) is 0 Å². The van der Waals surface area contributed by atoms with Gasteiger partial charge in [0, 0.05) is 6.04 Å². The Morgan fingerprint density at radius 1 is 1.50 bits per heavy atom. The molecule has 0 aliphatic heterocycles. The van der Waals surface area contributed by atoms with Crippen LogP contribution in [0.15, 0.2) is 18.2 Å². The minimum atomic E-state index is 0.0666. The van der Waals surface area contributed by atoms with E-state index in [4.69, 9.17) is 9.84 Å². The van der Waals surface area contributed by atoms with Crippen molar-refractivity contribution in [2.24, 2.45) is 0 Å². The number of rotatable bonds is 5. The monoisotopic (exact) mass is 221 g/mol. The molecule has 1 unspecified atom stereocenters. The number of hydrogen-bond donors (Lipinski definition) is 2. The highest BCUT2D eigenvalue weighted by atomic mass is 16.5. The zero-order valence-electron chi connectivity index (χ0n) is 9.70. The summed E-state index contributed by atoms with van der Waals surface area (Å²) in [5.41, 5.74) is 2.78. The first-order chi connectivity index (χ1) is 7.85. The normalized spacial score (nSPS) is 18.5. The minimum absolute atomic E-state index is 0.0666. The molecule has 1 atom stereocenters. The molecule has 0 amide bonds. The van der Waals surface area contributed by atoms with Gasteiger partial charge in [-0.3, -0.25) is 0 Å². The van der Waals surface area contributed by atoms with Gasteiger partial charge in [-0.2, -0.15) is 0 Å². The van der Waals surface area contributed by atoms with Crippen molar-refractivity contribution in [3.63, 3.8) is 0 Å². The number of benzene rings is 1. The van der Waals surface area contributed by atoms with E-state index in [1.807, 2.05) is 6.07 Å². The van der Waals surface area contributed by atoms with Crippen LogP contribution in [0.3, 0.4) is 0 Å². The summed E-state index contributed by atoms with van der Waals surface area (Å²) in [5, 5.41) is 12.2. The zero-order valence-corrected chi connectivity index (χ0v) is 9.70. The largest absolute Gasteiger partial charge is 0.491 e. The Morgan fingerprint density at radius 2 is 2.38 bits per heavy atom. The van der Waals surface area contributed by atoms with E-state index in [9.17, 15) is 0 Å². The fourth-order valence-corrected chi connectivity index (χ4v) is 2.31. The van der Waals surface area contributed by atoms with E-state index in [1.54, 1.807) is 0 Å². The maximum absolute atomic E-state index is 8.70. The Kier molecular flexibility index (Phi) is 3.80. The van der Waals surface area contributed by atoms with E-state index < -0.39 is 0 Å². The highest BCUT2D eigenvalue weighted by Crippen LogP contribution is 2.33. The van der Waals surface area contributed by atoms with Crippen LogP contribution in [-0.4, -0.2) is 24.9 Å². The molecular formula is C13H19NO2. The van der Waals surface area contributed by atoms with E-state index in [2.05, 4.69) is 24.4 Å². The van der Waals surface area contributed by atoms with Gasteiger partial charge in [0.15, 0.2) is 0 Å². The maximum atomic E-state index is 8.70. The average Bonchev–Trinajstić information content (AvgIpc) is 2.70. The Labute approximate surface area is 96.4 Å². The third-order valence-corrected chi connectivity index (χ3v) is 3.00. The Bertz CT molecular complexity index is 352. The quantitative estimate of drug-likeness (QED) is 0.794. The number of aliphatic hydroxyl groups is 1. The summed E-state index contributed by atoms with van der Waals surface area (Å²) in [6, 6.07) is 6.74. The molecule has 2 N–H and O–H groups in total. The molecule has 0 saturated heterocycles. The SMILES string of the molecule is CCNC1CCc2cc(OCCO)ccc21. The number of fused-ring (bicyclic) bond motifs is 1. The van der Waals surface area contributed by atoms with Crippen molar-refractivity contribution < 1.29 is 9.84 Å². The Morgan fingerprint density at radius 3 is 3.12 bits per heavy atom. The molecular weight excluding hydrogens is 202 g/mol.